The van der Waals surface area contributed by atoms with E-state index in [4.69, 9.17) is 9.52 Å². The summed E-state index contributed by atoms with van der Waals surface area (Å²) in [7, 11) is -3.59. The summed E-state index contributed by atoms with van der Waals surface area (Å²) in [4.78, 5) is 24.8. The number of benzene rings is 1. The Kier molecular flexibility index (Phi) is 4.60. The Morgan fingerprint density at radius 3 is 2.08 bits per heavy atom. The highest BCUT2D eigenvalue weighted by Crippen LogP contribution is 2.18. The number of nitrogens with zero attached hydrogens (tertiary/aromatic N) is 2. The van der Waals surface area contributed by atoms with Crippen molar-refractivity contribution in [1.29, 1.82) is 0 Å². The van der Waals surface area contributed by atoms with Gasteiger partial charge in [-0.05, 0) is 24.3 Å². The summed E-state index contributed by atoms with van der Waals surface area (Å²) in [5.74, 6) is -2.09. The number of carbonyl (C=O) groups is 2. The molecule has 1 saturated heterocycles. The van der Waals surface area contributed by atoms with Crippen molar-refractivity contribution in [2.24, 2.45) is 0 Å². The fourth-order valence-corrected chi connectivity index (χ4v) is 4.04. The van der Waals surface area contributed by atoms with Crippen LogP contribution in [0.2, 0.25) is 0 Å². The highest BCUT2D eigenvalue weighted by atomic mass is 32.2. The molecule has 8 nitrogen and oxygen atoms in total. The average molecular weight is 364 g/mol. The topological polar surface area (TPSA) is 108 Å². The van der Waals surface area contributed by atoms with Crippen molar-refractivity contribution in [3.8, 4) is 0 Å². The normalized spacial score (nSPS) is 15.9. The third-order valence-electron chi connectivity index (χ3n) is 3.93. The first-order valence-electron chi connectivity index (χ1n) is 7.57. The summed E-state index contributed by atoms with van der Waals surface area (Å²) in [6, 6.07) is 10.6. The standard InChI is InChI=1S/C16H16N2O6S/c19-15(13-6-7-14(24-13)16(20)21)17-8-10-18(11-9-17)25(22,23)12-4-2-1-3-5-12/h1-7H,8-11H2,(H,20,21). The highest BCUT2D eigenvalue weighted by Gasteiger charge is 2.31. The van der Waals surface area contributed by atoms with Gasteiger partial charge >= 0.3 is 5.97 Å². The van der Waals surface area contributed by atoms with Crippen LogP contribution in [0.15, 0.2) is 51.8 Å². The van der Waals surface area contributed by atoms with Crippen LogP contribution >= 0.6 is 0 Å². The molecule has 1 fully saturated rings. The predicted molar refractivity (Wildman–Crippen MR) is 86.8 cm³/mol. The lowest BCUT2D eigenvalue weighted by molar-refractivity contribution is 0.0632. The summed E-state index contributed by atoms with van der Waals surface area (Å²) in [5.41, 5.74) is 0. The minimum absolute atomic E-state index is 0.0724. The summed E-state index contributed by atoms with van der Waals surface area (Å²) in [6.45, 7) is 0.729. The van der Waals surface area contributed by atoms with E-state index in [1.165, 1.54) is 33.5 Å². The fourth-order valence-electron chi connectivity index (χ4n) is 2.60. The monoisotopic (exact) mass is 364 g/mol. The molecule has 0 unspecified atom stereocenters. The van der Waals surface area contributed by atoms with Crippen molar-refractivity contribution in [1.82, 2.24) is 9.21 Å². The number of piperazine rings is 1. The number of carboxylic acid groups (broad SMARTS) is 1. The van der Waals surface area contributed by atoms with Crippen LogP contribution < -0.4 is 0 Å². The molecular weight excluding hydrogens is 348 g/mol. The summed E-state index contributed by atoms with van der Waals surface area (Å²) in [5, 5.41) is 8.83. The van der Waals surface area contributed by atoms with Crippen molar-refractivity contribution in [2.45, 2.75) is 4.90 Å². The van der Waals surface area contributed by atoms with E-state index < -0.39 is 21.9 Å². The van der Waals surface area contributed by atoms with Crippen molar-refractivity contribution in [2.75, 3.05) is 26.2 Å². The van der Waals surface area contributed by atoms with E-state index >= 15 is 0 Å². The maximum absolute atomic E-state index is 12.6. The Balaban J connectivity index is 1.67. The van der Waals surface area contributed by atoms with Gasteiger partial charge in [0, 0.05) is 26.2 Å². The molecule has 0 spiro atoms. The van der Waals surface area contributed by atoms with Crippen LogP contribution in [0.25, 0.3) is 0 Å². The third-order valence-corrected chi connectivity index (χ3v) is 5.85. The number of aromatic carboxylic acids is 1. The molecule has 0 atom stereocenters. The number of rotatable bonds is 4. The zero-order valence-electron chi connectivity index (χ0n) is 13.2. The molecule has 3 rings (SSSR count). The van der Waals surface area contributed by atoms with Crippen LogP contribution in [0.4, 0.5) is 0 Å². The minimum Gasteiger partial charge on any atom is -0.475 e. The first-order valence-corrected chi connectivity index (χ1v) is 9.01. The zero-order valence-corrected chi connectivity index (χ0v) is 14.0. The predicted octanol–water partition coefficient (Wildman–Crippen LogP) is 1.12. The molecule has 0 bridgehead atoms. The lowest BCUT2D eigenvalue weighted by Crippen LogP contribution is -2.50. The van der Waals surface area contributed by atoms with Gasteiger partial charge in [0.1, 0.15) is 0 Å². The quantitative estimate of drug-likeness (QED) is 0.871. The number of carboxylic acids is 1. The second-order valence-corrected chi connectivity index (χ2v) is 7.42. The molecule has 25 heavy (non-hydrogen) atoms. The van der Waals surface area contributed by atoms with Crippen molar-refractivity contribution >= 4 is 21.9 Å². The van der Waals surface area contributed by atoms with E-state index in [1.807, 2.05) is 0 Å². The molecule has 1 aromatic carbocycles. The molecule has 0 radical (unpaired) electrons. The van der Waals surface area contributed by atoms with Gasteiger partial charge in [0.15, 0.2) is 5.76 Å². The van der Waals surface area contributed by atoms with E-state index in [9.17, 15) is 18.0 Å². The molecule has 1 N–H and O–H groups in total. The molecule has 2 heterocycles. The minimum atomic E-state index is -3.59. The Morgan fingerprint density at radius 2 is 1.52 bits per heavy atom. The first kappa shape index (κ1) is 17.2. The number of hydrogen-bond acceptors (Lipinski definition) is 5. The van der Waals surface area contributed by atoms with Gasteiger partial charge in [-0.1, -0.05) is 18.2 Å². The van der Waals surface area contributed by atoms with Gasteiger partial charge in [-0.25, -0.2) is 13.2 Å². The second kappa shape index (κ2) is 6.69. The Hall–Kier alpha value is -2.65. The van der Waals surface area contributed by atoms with E-state index in [0.29, 0.717) is 0 Å². The van der Waals surface area contributed by atoms with Gasteiger partial charge in [-0.15, -0.1) is 0 Å². The fraction of sp³-hybridized carbons (Fsp3) is 0.250. The molecule has 132 valence electrons. The summed E-state index contributed by atoms with van der Waals surface area (Å²) >= 11 is 0. The number of furan rings is 1. The number of amides is 1. The Labute approximate surface area is 144 Å². The molecule has 1 amide bonds. The molecule has 0 saturated carbocycles. The van der Waals surface area contributed by atoms with E-state index in [0.717, 1.165) is 0 Å². The van der Waals surface area contributed by atoms with Gasteiger partial charge < -0.3 is 14.4 Å². The molecular formula is C16H16N2O6S. The average Bonchev–Trinajstić information content (AvgIpc) is 3.12. The van der Waals surface area contributed by atoms with Crippen molar-refractivity contribution in [3.63, 3.8) is 0 Å². The SMILES string of the molecule is O=C(O)c1ccc(C(=O)N2CCN(S(=O)(=O)c3ccccc3)CC2)o1. The van der Waals surface area contributed by atoms with Gasteiger partial charge in [0.25, 0.3) is 5.91 Å². The van der Waals surface area contributed by atoms with Crippen LogP contribution in [0.5, 0.6) is 0 Å². The molecule has 1 aliphatic heterocycles. The maximum Gasteiger partial charge on any atom is 0.371 e. The summed E-state index contributed by atoms with van der Waals surface area (Å²) in [6.07, 6.45) is 0. The summed E-state index contributed by atoms with van der Waals surface area (Å²) < 4.78 is 31.4. The van der Waals surface area contributed by atoms with Gasteiger partial charge in [0.05, 0.1) is 4.90 Å². The number of carbonyl (C=O) groups excluding carboxylic acids is 1. The van der Waals surface area contributed by atoms with Gasteiger partial charge in [-0.3, -0.25) is 4.79 Å². The van der Waals surface area contributed by atoms with Crippen LogP contribution in [0.1, 0.15) is 21.1 Å². The van der Waals surface area contributed by atoms with E-state index in [1.54, 1.807) is 18.2 Å². The van der Waals surface area contributed by atoms with E-state index in [-0.39, 0.29) is 42.6 Å². The molecule has 2 aromatic rings. The largest absolute Gasteiger partial charge is 0.475 e. The number of hydrogen-bond donors (Lipinski definition) is 1. The number of sulfonamides is 1. The van der Waals surface area contributed by atoms with Crippen LogP contribution in [-0.2, 0) is 10.0 Å². The van der Waals surface area contributed by atoms with E-state index in [2.05, 4.69) is 0 Å². The molecule has 0 aliphatic carbocycles. The van der Waals surface area contributed by atoms with Gasteiger partial charge in [0.2, 0.25) is 15.8 Å². The second-order valence-electron chi connectivity index (χ2n) is 5.48. The lowest BCUT2D eigenvalue weighted by Gasteiger charge is -2.33. The Morgan fingerprint density at radius 1 is 0.920 bits per heavy atom. The van der Waals surface area contributed by atoms with Crippen LogP contribution in [0, 0.1) is 0 Å². The van der Waals surface area contributed by atoms with Crippen LogP contribution in [0.3, 0.4) is 0 Å². The smallest absolute Gasteiger partial charge is 0.371 e. The highest BCUT2D eigenvalue weighted by molar-refractivity contribution is 7.89. The zero-order chi connectivity index (χ0) is 18.0. The van der Waals surface area contributed by atoms with Gasteiger partial charge in [-0.2, -0.15) is 4.31 Å². The lowest BCUT2D eigenvalue weighted by atomic mass is 10.3. The third kappa shape index (κ3) is 3.42. The van der Waals surface area contributed by atoms with Crippen molar-refractivity contribution < 1.29 is 27.5 Å². The molecule has 1 aliphatic rings. The first-order chi connectivity index (χ1) is 11.9. The Bertz CT molecular complexity index is 882. The van der Waals surface area contributed by atoms with Crippen molar-refractivity contribution in [3.05, 3.63) is 54.0 Å². The van der Waals surface area contributed by atoms with Crippen LogP contribution in [-0.4, -0.2) is 60.8 Å². The maximum atomic E-state index is 12.6. The molecule has 1 aromatic heterocycles. The molecule has 9 heteroatoms.